The van der Waals surface area contributed by atoms with Crippen molar-refractivity contribution in [2.75, 3.05) is 5.75 Å². The van der Waals surface area contributed by atoms with Gasteiger partial charge in [-0.1, -0.05) is 19.1 Å². The lowest BCUT2D eigenvalue weighted by atomic mass is 10.0. The molecule has 0 fully saturated rings. The zero-order chi connectivity index (χ0) is 18.5. The van der Waals surface area contributed by atoms with Crippen LogP contribution in [0.15, 0.2) is 29.2 Å². The molecule has 7 nitrogen and oxygen atoms in total. The smallest absolute Gasteiger partial charge is 0.408 e. The Kier molecular flexibility index (Phi) is 6.36. The maximum atomic E-state index is 11.9. The lowest BCUT2D eigenvalue weighted by Crippen LogP contribution is -2.35. The summed E-state index contributed by atoms with van der Waals surface area (Å²) in [4.78, 5) is 23.1. The minimum absolute atomic E-state index is 0.0267. The van der Waals surface area contributed by atoms with Crippen molar-refractivity contribution in [3.8, 4) is 0 Å². The Morgan fingerprint density at radius 1 is 1.21 bits per heavy atom. The van der Waals surface area contributed by atoms with Gasteiger partial charge in [-0.25, -0.2) is 13.2 Å². The molecule has 0 saturated heterocycles. The highest BCUT2D eigenvalue weighted by Gasteiger charge is 2.23. The van der Waals surface area contributed by atoms with Crippen LogP contribution < -0.4 is 5.32 Å². The van der Waals surface area contributed by atoms with Crippen LogP contribution in [0.1, 0.15) is 45.7 Å². The third kappa shape index (κ3) is 6.19. The number of amides is 1. The molecule has 2 N–H and O–H groups in total. The van der Waals surface area contributed by atoms with Crippen LogP contribution in [0.25, 0.3) is 0 Å². The van der Waals surface area contributed by atoms with E-state index in [1.807, 2.05) is 0 Å². The van der Waals surface area contributed by atoms with E-state index in [-0.39, 0.29) is 17.1 Å². The number of benzene rings is 1. The zero-order valence-corrected chi connectivity index (χ0v) is 15.0. The average molecular weight is 357 g/mol. The Morgan fingerprint density at radius 2 is 1.75 bits per heavy atom. The molecule has 0 saturated carbocycles. The number of ether oxygens (including phenoxy) is 1. The summed E-state index contributed by atoms with van der Waals surface area (Å²) >= 11 is 0. The standard InChI is InChI=1S/C16H23NO6S/c1-5-24(21,22)12-8-6-11(7-9-12)13(10-14(18)19)17-15(20)23-16(2,3)4/h6-9,13H,5,10H2,1-4H3,(H,17,20)(H,18,19)/t13-/m0/s1. The lowest BCUT2D eigenvalue weighted by Gasteiger charge is -2.23. The fraction of sp³-hybridized carbons (Fsp3) is 0.500. The van der Waals surface area contributed by atoms with Crippen LogP contribution in [-0.2, 0) is 19.4 Å². The Morgan fingerprint density at radius 3 is 2.17 bits per heavy atom. The molecule has 1 atom stereocenters. The molecule has 134 valence electrons. The van der Waals surface area contributed by atoms with Crippen molar-refractivity contribution in [1.29, 1.82) is 0 Å². The predicted molar refractivity (Wildman–Crippen MR) is 88.5 cm³/mol. The van der Waals surface area contributed by atoms with Gasteiger partial charge < -0.3 is 15.2 Å². The van der Waals surface area contributed by atoms with Crippen molar-refractivity contribution < 1.29 is 27.9 Å². The van der Waals surface area contributed by atoms with Gasteiger partial charge in [-0.2, -0.15) is 0 Å². The highest BCUT2D eigenvalue weighted by Crippen LogP contribution is 2.21. The molecule has 0 bridgehead atoms. The topological polar surface area (TPSA) is 110 Å². The summed E-state index contributed by atoms with van der Waals surface area (Å²) in [6.45, 7) is 6.64. The molecule has 8 heteroatoms. The third-order valence-electron chi connectivity index (χ3n) is 3.09. The summed E-state index contributed by atoms with van der Waals surface area (Å²) in [5, 5.41) is 11.5. The van der Waals surface area contributed by atoms with Gasteiger partial charge in [-0.3, -0.25) is 4.79 Å². The van der Waals surface area contributed by atoms with E-state index in [1.165, 1.54) is 24.3 Å². The van der Waals surface area contributed by atoms with E-state index in [2.05, 4.69) is 5.32 Å². The number of carboxylic acid groups (broad SMARTS) is 1. The van der Waals surface area contributed by atoms with Crippen LogP contribution in [0.2, 0.25) is 0 Å². The summed E-state index contributed by atoms with van der Waals surface area (Å²) in [5.41, 5.74) is -0.227. The van der Waals surface area contributed by atoms with Crippen LogP contribution in [0.5, 0.6) is 0 Å². The number of aliphatic carboxylic acids is 1. The normalized spacial score (nSPS) is 13.2. The molecular formula is C16H23NO6S. The minimum Gasteiger partial charge on any atom is -0.481 e. The average Bonchev–Trinajstić information content (AvgIpc) is 2.44. The van der Waals surface area contributed by atoms with E-state index in [4.69, 9.17) is 9.84 Å². The predicted octanol–water partition coefficient (Wildman–Crippen LogP) is 2.52. The van der Waals surface area contributed by atoms with E-state index in [0.717, 1.165) is 0 Å². The molecule has 1 aromatic carbocycles. The summed E-state index contributed by atoms with van der Waals surface area (Å²) < 4.78 is 28.7. The van der Waals surface area contributed by atoms with Crippen molar-refractivity contribution in [2.45, 2.75) is 50.7 Å². The quantitative estimate of drug-likeness (QED) is 0.809. The van der Waals surface area contributed by atoms with Crippen molar-refractivity contribution >= 4 is 21.9 Å². The molecule has 0 spiro atoms. The fourth-order valence-electron chi connectivity index (χ4n) is 1.95. The van der Waals surface area contributed by atoms with Gasteiger partial charge in [-0.15, -0.1) is 0 Å². The number of alkyl carbamates (subject to hydrolysis) is 1. The number of carbonyl (C=O) groups excluding carboxylic acids is 1. The van der Waals surface area contributed by atoms with Gasteiger partial charge in [0.1, 0.15) is 5.60 Å². The van der Waals surface area contributed by atoms with Crippen molar-refractivity contribution in [2.24, 2.45) is 0 Å². The molecule has 0 aliphatic carbocycles. The molecule has 1 rings (SSSR count). The van der Waals surface area contributed by atoms with Crippen LogP contribution in [0.4, 0.5) is 4.79 Å². The maximum Gasteiger partial charge on any atom is 0.408 e. The first-order chi connectivity index (χ1) is 10.9. The first-order valence-electron chi connectivity index (χ1n) is 7.48. The van der Waals surface area contributed by atoms with Gasteiger partial charge in [0.25, 0.3) is 0 Å². The highest BCUT2D eigenvalue weighted by atomic mass is 32.2. The van der Waals surface area contributed by atoms with Crippen molar-refractivity contribution in [3.05, 3.63) is 29.8 Å². The number of rotatable bonds is 6. The number of nitrogens with one attached hydrogen (secondary N) is 1. The Balaban J connectivity index is 3.00. The molecule has 0 unspecified atom stereocenters. The summed E-state index contributed by atoms with van der Waals surface area (Å²) in [5.74, 6) is -1.12. The Labute approximate surface area is 141 Å². The van der Waals surface area contributed by atoms with Crippen molar-refractivity contribution in [3.63, 3.8) is 0 Å². The Bertz CT molecular complexity index is 688. The number of carboxylic acids is 1. The molecule has 0 aliphatic rings. The summed E-state index contributed by atoms with van der Waals surface area (Å²) in [7, 11) is -3.34. The van der Waals surface area contributed by atoms with Gasteiger partial charge in [0.2, 0.25) is 0 Å². The number of hydrogen-bond acceptors (Lipinski definition) is 5. The van der Waals surface area contributed by atoms with Crippen LogP contribution in [0.3, 0.4) is 0 Å². The number of hydrogen-bond donors (Lipinski definition) is 2. The van der Waals surface area contributed by atoms with Gasteiger partial charge in [-0.05, 0) is 38.5 Å². The molecule has 0 aromatic heterocycles. The van der Waals surface area contributed by atoms with E-state index in [0.29, 0.717) is 5.56 Å². The Hall–Kier alpha value is -2.09. The molecule has 1 aromatic rings. The SMILES string of the molecule is CCS(=O)(=O)c1ccc([C@H](CC(=O)O)NC(=O)OC(C)(C)C)cc1. The van der Waals surface area contributed by atoms with Gasteiger partial charge in [0.15, 0.2) is 9.84 Å². The largest absolute Gasteiger partial charge is 0.481 e. The molecular weight excluding hydrogens is 334 g/mol. The van der Waals surface area contributed by atoms with Gasteiger partial charge >= 0.3 is 12.1 Å². The molecule has 0 heterocycles. The minimum atomic E-state index is -3.34. The van der Waals surface area contributed by atoms with Gasteiger partial charge in [0.05, 0.1) is 23.1 Å². The molecule has 0 aliphatic heterocycles. The van der Waals surface area contributed by atoms with Crippen molar-refractivity contribution in [1.82, 2.24) is 5.32 Å². The monoisotopic (exact) mass is 357 g/mol. The van der Waals surface area contributed by atoms with Crippen LogP contribution in [-0.4, -0.2) is 36.9 Å². The number of sulfone groups is 1. The molecule has 0 radical (unpaired) electrons. The highest BCUT2D eigenvalue weighted by molar-refractivity contribution is 7.91. The van der Waals surface area contributed by atoms with Crippen LogP contribution in [0, 0.1) is 0 Å². The van der Waals surface area contributed by atoms with E-state index in [1.54, 1.807) is 27.7 Å². The number of carbonyl (C=O) groups is 2. The van der Waals surface area contributed by atoms with E-state index >= 15 is 0 Å². The van der Waals surface area contributed by atoms with E-state index in [9.17, 15) is 18.0 Å². The van der Waals surface area contributed by atoms with Gasteiger partial charge in [0, 0.05) is 0 Å². The van der Waals surface area contributed by atoms with Crippen LogP contribution >= 0.6 is 0 Å². The summed E-state index contributed by atoms with van der Waals surface area (Å²) in [6, 6.07) is 4.97. The zero-order valence-electron chi connectivity index (χ0n) is 14.2. The third-order valence-corrected chi connectivity index (χ3v) is 4.84. The lowest BCUT2D eigenvalue weighted by molar-refractivity contribution is -0.137. The maximum absolute atomic E-state index is 11.9. The first kappa shape index (κ1) is 20.0. The fourth-order valence-corrected chi connectivity index (χ4v) is 2.83. The van der Waals surface area contributed by atoms with E-state index < -0.39 is 33.5 Å². The molecule has 1 amide bonds. The summed E-state index contributed by atoms with van der Waals surface area (Å²) in [6.07, 6.45) is -1.09. The molecule has 24 heavy (non-hydrogen) atoms. The second-order valence-corrected chi connectivity index (χ2v) is 8.55. The first-order valence-corrected chi connectivity index (χ1v) is 9.14. The second kappa shape index (κ2) is 7.65. The second-order valence-electron chi connectivity index (χ2n) is 6.27.